The lowest BCUT2D eigenvalue weighted by molar-refractivity contribution is 0.248. The van der Waals surface area contributed by atoms with Crippen LogP contribution in [0.25, 0.3) is 11.0 Å². The van der Waals surface area contributed by atoms with Gasteiger partial charge in [0.05, 0.1) is 29.9 Å². The van der Waals surface area contributed by atoms with Crippen LogP contribution in [-0.4, -0.2) is 37.9 Å². The van der Waals surface area contributed by atoms with Crippen molar-refractivity contribution in [3.63, 3.8) is 0 Å². The molecule has 0 aliphatic carbocycles. The number of nitrogens with zero attached hydrogens (tertiary/aromatic N) is 3. The van der Waals surface area contributed by atoms with E-state index >= 15 is 0 Å². The number of imidazole rings is 1. The summed E-state index contributed by atoms with van der Waals surface area (Å²) in [7, 11) is 1.49. The number of aromatic nitrogens is 5. The van der Waals surface area contributed by atoms with E-state index in [0.29, 0.717) is 34.8 Å². The summed E-state index contributed by atoms with van der Waals surface area (Å²) in [6.45, 7) is 4.43. The van der Waals surface area contributed by atoms with Gasteiger partial charge < -0.3 is 25.3 Å². The number of carbonyl (C=O) groups is 1. The van der Waals surface area contributed by atoms with Gasteiger partial charge in [0.2, 0.25) is 0 Å². The number of rotatable bonds is 5. The predicted octanol–water partition coefficient (Wildman–Crippen LogP) is 1.36. The van der Waals surface area contributed by atoms with Gasteiger partial charge in [0.1, 0.15) is 17.9 Å². The molecule has 0 aliphatic rings. The molecule has 10 nitrogen and oxygen atoms in total. The summed E-state index contributed by atoms with van der Waals surface area (Å²) < 4.78 is 6.98. The van der Waals surface area contributed by atoms with Gasteiger partial charge in [0, 0.05) is 12.6 Å². The van der Waals surface area contributed by atoms with Crippen molar-refractivity contribution in [2.75, 3.05) is 12.4 Å². The van der Waals surface area contributed by atoms with Gasteiger partial charge in [-0.1, -0.05) is 0 Å². The standard InChI is InChI=1S/C15H19N7O3/c1-4-22-13(16-7-17-22)8(2)18-14(23)21-11-5-9-10(6-12(11)25-3)20-15(24)19-9/h5-8H,4H2,1-3H3,(H2,18,21,23)(H2,19,20,24). The van der Waals surface area contributed by atoms with Crippen molar-refractivity contribution in [1.82, 2.24) is 30.0 Å². The number of carbonyl (C=O) groups excluding carboxylic acids is 1. The van der Waals surface area contributed by atoms with E-state index in [-0.39, 0.29) is 11.7 Å². The van der Waals surface area contributed by atoms with Crippen molar-refractivity contribution in [1.29, 1.82) is 0 Å². The fraction of sp³-hybridized carbons (Fsp3) is 0.333. The average Bonchev–Trinajstić information content (AvgIpc) is 3.18. The molecule has 0 saturated heterocycles. The molecule has 0 bridgehead atoms. The Morgan fingerprint density at radius 2 is 2.08 bits per heavy atom. The maximum atomic E-state index is 12.3. The fourth-order valence-corrected chi connectivity index (χ4v) is 2.60. The minimum atomic E-state index is -0.423. The van der Waals surface area contributed by atoms with Gasteiger partial charge in [-0.05, 0) is 19.9 Å². The Bertz CT molecular complexity index is 956. The Morgan fingerprint density at radius 3 is 2.76 bits per heavy atom. The first-order chi connectivity index (χ1) is 12.0. The lowest BCUT2D eigenvalue weighted by Gasteiger charge is -2.16. The van der Waals surface area contributed by atoms with Crippen molar-refractivity contribution in [2.45, 2.75) is 26.4 Å². The molecule has 0 radical (unpaired) electrons. The molecule has 1 aromatic carbocycles. The molecule has 25 heavy (non-hydrogen) atoms. The average molecular weight is 345 g/mol. The van der Waals surface area contributed by atoms with Crippen LogP contribution in [-0.2, 0) is 6.54 Å². The second-order valence-corrected chi connectivity index (χ2v) is 5.43. The summed E-state index contributed by atoms with van der Waals surface area (Å²) in [6.07, 6.45) is 1.45. The first kappa shape index (κ1) is 16.6. The van der Waals surface area contributed by atoms with Gasteiger partial charge in [-0.3, -0.25) is 0 Å². The summed E-state index contributed by atoms with van der Waals surface area (Å²) >= 11 is 0. The second-order valence-electron chi connectivity index (χ2n) is 5.43. The monoisotopic (exact) mass is 345 g/mol. The number of urea groups is 1. The molecule has 10 heteroatoms. The van der Waals surface area contributed by atoms with Gasteiger partial charge in [-0.15, -0.1) is 0 Å². The third-order valence-corrected chi connectivity index (χ3v) is 3.76. The zero-order valence-electron chi connectivity index (χ0n) is 14.1. The maximum Gasteiger partial charge on any atom is 0.323 e. The highest BCUT2D eigenvalue weighted by Crippen LogP contribution is 2.28. The molecule has 0 fully saturated rings. The number of ether oxygens (including phenoxy) is 1. The van der Waals surface area contributed by atoms with E-state index in [2.05, 4.69) is 30.7 Å². The molecule has 2 amide bonds. The zero-order chi connectivity index (χ0) is 18.0. The third kappa shape index (κ3) is 3.32. The number of hydrogen-bond acceptors (Lipinski definition) is 5. The minimum Gasteiger partial charge on any atom is -0.494 e. The normalized spacial score (nSPS) is 12.1. The van der Waals surface area contributed by atoms with E-state index in [9.17, 15) is 9.59 Å². The Hall–Kier alpha value is -3.30. The molecule has 2 heterocycles. The molecular formula is C15H19N7O3. The summed E-state index contributed by atoms with van der Waals surface area (Å²) in [6, 6.07) is 2.52. The van der Waals surface area contributed by atoms with Crippen LogP contribution in [0, 0.1) is 0 Å². The SMILES string of the molecule is CCn1ncnc1C(C)NC(=O)Nc1cc2[nH]c(=O)[nH]c2cc1OC. The smallest absolute Gasteiger partial charge is 0.323 e. The van der Waals surface area contributed by atoms with E-state index in [1.165, 1.54) is 13.4 Å². The number of anilines is 1. The van der Waals surface area contributed by atoms with Gasteiger partial charge in [-0.2, -0.15) is 5.10 Å². The summed E-state index contributed by atoms with van der Waals surface area (Å²) in [5.74, 6) is 1.09. The topological polar surface area (TPSA) is 130 Å². The molecule has 3 aromatic rings. The summed E-state index contributed by atoms with van der Waals surface area (Å²) in [5, 5.41) is 9.61. The summed E-state index contributed by atoms with van der Waals surface area (Å²) in [4.78, 5) is 33.2. The molecule has 0 aliphatic heterocycles. The molecule has 1 atom stereocenters. The quantitative estimate of drug-likeness (QED) is 0.555. The van der Waals surface area contributed by atoms with Crippen LogP contribution >= 0.6 is 0 Å². The van der Waals surface area contributed by atoms with Crippen LogP contribution in [0.2, 0.25) is 0 Å². The second kappa shape index (κ2) is 6.67. The number of methoxy groups -OCH3 is 1. The molecule has 2 aromatic heterocycles. The highest BCUT2D eigenvalue weighted by molar-refractivity contribution is 5.94. The van der Waals surface area contributed by atoms with Crippen LogP contribution in [0.5, 0.6) is 5.75 Å². The van der Waals surface area contributed by atoms with E-state index in [1.54, 1.807) is 16.8 Å². The molecule has 1 unspecified atom stereocenters. The number of amides is 2. The van der Waals surface area contributed by atoms with E-state index in [0.717, 1.165) is 0 Å². The van der Waals surface area contributed by atoms with E-state index in [4.69, 9.17) is 4.74 Å². The molecule has 4 N–H and O–H groups in total. The first-order valence-corrected chi connectivity index (χ1v) is 7.77. The molecule has 132 valence electrons. The van der Waals surface area contributed by atoms with Crippen LogP contribution in [0.4, 0.5) is 10.5 Å². The largest absolute Gasteiger partial charge is 0.494 e. The van der Waals surface area contributed by atoms with Crippen LogP contribution in [0.1, 0.15) is 25.7 Å². The first-order valence-electron chi connectivity index (χ1n) is 7.77. The van der Waals surface area contributed by atoms with Gasteiger partial charge >= 0.3 is 11.7 Å². The number of hydrogen-bond donors (Lipinski definition) is 4. The van der Waals surface area contributed by atoms with Crippen molar-refractivity contribution < 1.29 is 9.53 Å². The Balaban J connectivity index is 1.78. The lowest BCUT2D eigenvalue weighted by Crippen LogP contribution is -2.32. The number of nitrogens with one attached hydrogen (secondary N) is 4. The highest BCUT2D eigenvalue weighted by atomic mass is 16.5. The Labute approximate surface area is 142 Å². The molecular weight excluding hydrogens is 326 g/mol. The van der Waals surface area contributed by atoms with Crippen LogP contribution in [0.3, 0.4) is 0 Å². The number of benzene rings is 1. The molecule has 0 spiro atoms. The number of aryl methyl sites for hydroxylation is 1. The minimum absolute atomic E-state index is 0.328. The van der Waals surface area contributed by atoms with Gasteiger partial charge in [-0.25, -0.2) is 19.3 Å². The Kier molecular flexibility index (Phi) is 4.42. The Morgan fingerprint density at radius 1 is 1.36 bits per heavy atom. The fourth-order valence-electron chi connectivity index (χ4n) is 2.60. The number of aromatic amines is 2. The molecule has 0 saturated carbocycles. The maximum absolute atomic E-state index is 12.3. The van der Waals surface area contributed by atoms with Crippen molar-refractivity contribution in [3.05, 3.63) is 34.8 Å². The van der Waals surface area contributed by atoms with Crippen LogP contribution < -0.4 is 21.1 Å². The van der Waals surface area contributed by atoms with Crippen molar-refractivity contribution in [3.8, 4) is 5.75 Å². The van der Waals surface area contributed by atoms with E-state index in [1.807, 2.05) is 13.8 Å². The van der Waals surface area contributed by atoms with Crippen LogP contribution in [0.15, 0.2) is 23.3 Å². The number of fused-ring (bicyclic) bond motifs is 1. The van der Waals surface area contributed by atoms with Crippen molar-refractivity contribution >= 4 is 22.8 Å². The van der Waals surface area contributed by atoms with Gasteiger partial charge in [0.25, 0.3) is 0 Å². The third-order valence-electron chi connectivity index (χ3n) is 3.76. The zero-order valence-corrected chi connectivity index (χ0v) is 14.1. The lowest BCUT2D eigenvalue weighted by atomic mass is 10.2. The summed E-state index contributed by atoms with van der Waals surface area (Å²) in [5.41, 5.74) is 1.27. The van der Waals surface area contributed by atoms with E-state index < -0.39 is 6.03 Å². The highest BCUT2D eigenvalue weighted by Gasteiger charge is 2.16. The predicted molar refractivity (Wildman–Crippen MR) is 91.7 cm³/mol. The van der Waals surface area contributed by atoms with Gasteiger partial charge in [0.15, 0.2) is 0 Å². The molecule has 3 rings (SSSR count). The van der Waals surface area contributed by atoms with Crippen molar-refractivity contribution in [2.24, 2.45) is 0 Å². The number of H-pyrrole nitrogens is 2.